The fourth-order valence-corrected chi connectivity index (χ4v) is 3.25. The third-order valence-electron chi connectivity index (χ3n) is 4.39. The van der Waals surface area contributed by atoms with Crippen molar-refractivity contribution in [2.75, 3.05) is 26.2 Å². The molecule has 1 saturated heterocycles. The van der Waals surface area contributed by atoms with Crippen molar-refractivity contribution < 1.29 is 23.0 Å². The fourth-order valence-electron chi connectivity index (χ4n) is 3.06. The number of piperidine rings is 1. The molecule has 2 rings (SSSR count). The number of aliphatic imine (C=N–C) groups is 1. The highest BCUT2D eigenvalue weighted by Gasteiger charge is 2.27. The van der Waals surface area contributed by atoms with Gasteiger partial charge in [0, 0.05) is 30.2 Å². The van der Waals surface area contributed by atoms with E-state index in [-0.39, 0.29) is 48.2 Å². The molecule has 1 fully saturated rings. The van der Waals surface area contributed by atoms with Gasteiger partial charge in [-0.15, -0.1) is 24.0 Å². The molecule has 0 radical (unpaired) electrons. The van der Waals surface area contributed by atoms with E-state index in [1.165, 1.54) is 12.1 Å². The van der Waals surface area contributed by atoms with Gasteiger partial charge < -0.3 is 19.7 Å². The maximum absolute atomic E-state index is 12.6. The van der Waals surface area contributed by atoms with Gasteiger partial charge in [-0.1, -0.05) is 11.6 Å². The first kappa shape index (κ1) is 25.7. The number of alkyl halides is 2. The second kappa shape index (κ2) is 13.0. The highest BCUT2D eigenvalue weighted by Crippen LogP contribution is 2.25. The molecule has 0 aliphatic carbocycles. The topological polar surface area (TPSA) is 63.2 Å². The Hall–Kier alpha value is -1.36. The van der Waals surface area contributed by atoms with Crippen molar-refractivity contribution >= 4 is 47.5 Å². The molecule has 164 valence electrons. The van der Waals surface area contributed by atoms with Crippen LogP contribution in [-0.4, -0.2) is 49.7 Å². The maximum Gasteiger partial charge on any atom is 0.387 e. The molecule has 1 N–H and O–H groups in total. The molecule has 29 heavy (non-hydrogen) atoms. The first-order valence-corrected chi connectivity index (χ1v) is 9.75. The lowest BCUT2D eigenvalue weighted by atomic mass is 9.97. The first-order valence-electron chi connectivity index (χ1n) is 9.37. The molecular weight excluding hydrogens is 519 g/mol. The molecule has 1 aliphatic heterocycles. The SMILES string of the molecule is CCNC(=NCc1cc(Cl)ccc1OC(F)F)N1CCC(C(=O)OCC)CC1.I. The molecular formula is C19H27ClF2IN3O3. The average Bonchev–Trinajstić information content (AvgIpc) is 2.67. The van der Waals surface area contributed by atoms with Gasteiger partial charge in [0.15, 0.2) is 5.96 Å². The number of hydrogen-bond donors (Lipinski definition) is 1. The third-order valence-corrected chi connectivity index (χ3v) is 4.62. The van der Waals surface area contributed by atoms with E-state index in [1.807, 2.05) is 6.92 Å². The Morgan fingerprint density at radius 3 is 2.62 bits per heavy atom. The molecule has 6 nitrogen and oxygen atoms in total. The van der Waals surface area contributed by atoms with Crippen LogP contribution < -0.4 is 10.1 Å². The Labute approximate surface area is 192 Å². The van der Waals surface area contributed by atoms with Crippen LogP contribution in [0, 0.1) is 5.92 Å². The van der Waals surface area contributed by atoms with Gasteiger partial charge in [0.1, 0.15) is 5.75 Å². The predicted octanol–water partition coefficient (Wildman–Crippen LogP) is 4.30. The summed E-state index contributed by atoms with van der Waals surface area (Å²) in [5.74, 6) is 0.461. The monoisotopic (exact) mass is 545 g/mol. The smallest absolute Gasteiger partial charge is 0.387 e. The van der Waals surface area contributed by atoms with Gasteiger partial charge in [-0.25, -0.2) is 4.99 Å². The summed E-state index contributed by atoms with van der Waals surface area (Å²) in [5.41, 5.74) is 0.476. The van der Waals surface area contributed by atoms with Crippen LogP contribution in [-0.2, 0) is 16.1 Å². The molecule has 0 amide bonds. The second-order valence-corrected chi connectivity index (χ2v) is 6.75. The molecule has 1 aromatic carbocycles. The molecule has 0 bridgehead atoms. The number of carbonyl (C=O) groups excluding carboxylic acids is 1. The molecule has 1 heterocycles. The van der Waals surface area contributed by atoms with E-state index < -0.39 is 6.61 Å². The number of rotatable bonds is 7. The highest BCUT2D eigenvalue weighted by molar-refractivity contribution is 14.0. The van der Waals surface area contributed by atoms with E-state index in [9.17, 15) is 13.6 Å². The van der Waals surface area contributed by atoms with Crippen molar-refractivity contribution in [1.82, 2.24) is 10.2 Å². The summed E-state index contributed by atoms with van der Waals surface area (Å²) in [6.45, 7) is 3.33. The molecule has 0 saturated carbocycles. The fraction of sp³-hybridized carbons (Fsp3) is 0.579. The standard InChI is InChI=1S/C19H26ClF2N3O3.HI/c1-3-23-19(25-9-7-13(8-10-25)17(26)27-4-2)24-12-14-11-15(20)5-6-16(14)28-18(21)22;/h5-6,11,13,18H,3-4,7-10,12H2,1-2H3,(H,23,24);1H. The van der Waals surface area contributed by atoms with E-state index in [1.54, 1.807) is 13.0 Å². The zero-order valence-electron chi connectivity index (χ0n) is 16.5. The number of nitrogens with one attached hydrogen (secondary N) is 1. The summed E-state index contributed by atoms with van der Waals surface area (Å²) in [6, 6.07) is 4.48. The Morgan fingerprint density at radius 2 is 2.03 bits per heavy atom. The summed E-state index contributed by atoms with van der Waals surface area (Å²) in [4.78, 5) is 18.5. The van der Waals surface area contributed by atoms with Crippen LogP contribution in [0.5, 0.6) is 5.75 Å². The van der Waals surface area contributed by atoms with Crippen LogP contribution in [0.1, 0.15) is 32.3 Å². The van der Waals surface area contributed by atoms with Gasteiger partial charge in [0.25, 0.3) is 0 Å². The van der Waals surface area contributed by atoms with E-state index in [2.05, 4.69) is 19.9 Å². The second-order valence-electron chi connectivity index (χ2n) is 6.31. The third kappa shape index (κ3) is 8.12. The van der Waals surface area contributed by atoms with Crippen LogP contribution in [0.3, 0.4) is 0 Å². The quantitative estimate of drug-likeness (QED) is 0.240. The summed E-state index contributed by atoms with van der Waals surface area (Å²) in [7, 11) is 0. The zero-order valence-corrected chi connectivity index (χ0v) is 19.6. The van der Waals surface area contributed by atoms with Gasteiger partial charge in [-0.05, 0) is 44.9 Å². The first-order chi connectivity index (χ1) is 13.4. The molecule has 0 atom stereocenters. The molecule has 10 heteroatoms. The van der Waals surface area contributed by atoms with Crippen LogP contribution in [0.2, 0.25) is 5.02 Å². The van der Waals surface area contributed by atoms with Gasteiger partial charge in [-0.3, -0.25) is 4.79 Å². The number of hydrogen-bond acceptors (Lipinski definition) is 4. The molecule has 1 aliphatic rings. The number of esters is 1. The lowest BCUT2D eigenvalue weighted by Crippen LogP contribution is -2.46. The Bertz CT molecular complexity index is 687. The van der Waals surface area contributed by atoms with Crippen LogP contribution in [0.25, 0.3) is 0 Å². The Kier molecular flexibility index (Phi) is 11.6. The maximum atomic E-state index is 12.6. The minimum Gasteiger partial charge on any atom is -0.466 e. The van der Waals surface area contributed by atoms with Gasteiger partial charge >= 0.3 is 12.6 Å². The number of nitrogens with zero attached hydrogens (tertiary/aromatic N) is 2. The van der Waals surface area contributed by atoms with Crippen LogP contribution in [0.4, 0.5) is 8.78 Å². The minimum atomic E-state index is -2.92. The van der Waals surface area contributed by atoms with Crippen molar-refractivity contribution in [2.24, 2.45) is 10.9 Å². The molecule has 1 aromatic rings. The normalized spacial score (nSPS) is 15.1. The van der Waals surface area contributed by atoms with Crippen molar-refractivity contribution in [3.8, 4) is 5.75 Å². The van der Waals surface area contributed by atoms with E-state index in [0.29, 0.717) is 55.6 Å². The Morgan fingerprint density at radius 1 is 1.34 bits per heavy atom. The van der Waals surface area contributed by atoms with E-state index >= 15 is 0 Å². The van der Waals surface area contributed by atoms with Crippen LogP contribution in [0.15, 0.2) is 23.2 Å². The highest BCUT2D eigenvalue weighted by atomic mass is 127. The van der Waals surface area contributed by atoms with E-state index in [4.69, 9.17) is 16.3 Å². The lowest BCUT2D eigenvalue weighted by Gasteiger charge is -2.33. The van der Waals surface area contributed by atoms with Crippen molar-refractivity contribution in [1.29, 1.82) is 0 Å². The molecule has 0 aromatic heterocycles. The van der Waals surface area contributed by atoms with Gasteiger partial charge in [0.05, 0.1) is 19.1 Å². The van der Waals surface area contributed by atoms with Gasteiger partial charge in [-0.2, -0.15) is 8.78 Å². The summed E-state index contributed by atoms with van der Waals surface area (Å²) < 4.78 is 34.9. The summed E-state index contributed by atoms with van der Waals surface area (Å²) in [6.07, 6.45) is 1.36. The number of benzene rings is 1. The van der Waals surface area contributed by atoms with Crippen LogP contribution >= 0.6 is 35.6 Å². The minimum absolute atomic E-state index is 0. The molecule has 0 unspecified atom stereocenters. The lowest BCUT2D eigenvalue weighted by molar-refractivity contribution is -0.149. The number of carbonyl (C=O) groups is 1. The number of likely N-dealkylation sites (tertiary alicyclic amines) is 1. The zero-order chi connectivity index (χ0) is 20.5. The van der Waals surface area contributed by atoms with Gasteiger partial charge in [0.2, 0.25) is 0 Å². The Balaban J connectivity index is 0.00000420. The van der Waals surface area contributed by atoms with Crippen molar-refractivity contribution in [2.45, 2.75) is 39.8 Å². The van der Waals surface area contributed by atoms with Crippen molar-refractivity contribution in [3.63, 3.8) is 0 Å². The number of guanidine groups is 1. The average molecular weight is 546 g/mol. The number of ether oxygens (including phenoxy) is 2. The summed E-state index contributed by atoms with van der Waals surface area (Å²) >= 11 is 5.99. The summed E-state index contributed by atoms with van der Waals surface area (Å²) in [5, 5.41) is 3.63. The largest absolute Gasteiger partial charge is 0.466 e. The van der Waals surface area contributed by atoms with E-state index in [0.717, 1.165) is 0 Å². The molecule has 0 spiro atoms. The predicted molar refractivity (Wildman–Crippen MR) is 119 cm³/mol. The number of halogens is 4. The van der Waals surface area contributed by atoms with Crippen molar-refractivity contribution in [3.05, 3.63) is 28.8 Å².